The van der Waals surface area contributed by atoms with Crippen LogP contribution in [-0.2, 0) is 10.0 Å². The topological polar surface area (TPSA) is 85.1 Å². The second kappa shape index (κ2) is 6.19. The van der Waals surface area contributed by atoms with Crippen molar-refractivity contribution in [3.63, 3.8) is 0 Å². The van der Waals surface area contributed by atoms with Gasteiger partial charge in [0.05, 0.1) is 6.54 Å². The third-order valence-electron chi connectivity index (χ3n) is 2.38. The molecule has 0 unspecified atom stereocenters. The molecule has 2 rings (SSSR count). The van der Waals surface area contributed by atoms with E-state index in [-0.39, 0.29) is 11.4 Å². The van der Waals surface area contributed by atoms with Crippen molar-refractivity contribution >= 4 is 15.7 Å². The van der Waals surface area contributed by atoms with Crippen molar-refractivity contribution in [3.05, 3.63) is 54.4 Å². The molecule has 1 aromatic heterocycles. The third-order valence-corrected chi connectivity index (χ3v) is 3.73. The zero-order chi connectivity index (χ0) is 14.4. The highest BCUT2D eigenvalue weighted by Gasteiger charge is 2.14. The summed E-state index contributed by atoms with van der Waals surface area (Å²) in [4.78, 5) is 3.94. The number of hydrogen-bond acceptors (Lipinski definition) is 4. The first kappa shape index (κ1) is 14.1. The molecule has 0 aliphatic carbocycles. The lowest BCUT2D eigenvalue weighted by atomic mass is 10.3. The van der Waals surface area contributed by atoms with E-state index >= 15 is 0 Å². The van der Waals surface area contributed by atoms with Gasteiger partial charge in [-0.25, -0.2) is 8.42 Å². The first-order valence-electron chi connectivity index (χ1n) is 5.84. The van der Waals surface area contributed by atoms with Crippen LogP contribution in [0.2, 0.25) is 0 Å². The van der Waals surface area contributed by atoms with E-state index in [2.05, 4.69) is 21.5 Å². The summed E-state index contributed by atoms with van der Waals surface area (Å²) >= 11 is 0. The van der Waals surface area contributed by atoms with Crippen molar-refractivity contribution in [2.75, 3.05) is 11.3 Å². The van der Waals surface area contributed by atoms with E-state index < -0.39 is 10.0 Å². The van der Waals surface area contributed by atoms with Gasteiger partial charge in [-0.05, 0) is 18.2 Å². The van der Waals surface area contributed by atoms with Crippen LogP contribution < -0.4 is 10.5 Å². The third kappa shape index (κ3) is 3.57. The van der Waals surface area contributed by atoms with Crippen LogP contribution in [0.1, 0.15) is 5.56 Å². The van der Waals surface area contributed by atoms with Gasteiger partial charge >= 0.3 is 0 Å². The largest absolute Gasteiger partial charge is 0.320 e. The van der Waals surface area contributed by atoms with E-state index in [1.54, 1.807) is 24.3 Å². The Balaban J connectivity index is 2.30. The zero-order valence-electron chi connectivity index (χ0n) is 10.6. The minimum absolute atomic E-state index is 0.0603. The van der Waals surface area contributed by atoms with Crippen LogP contribution in [0.3, 0.4) is 0 Å². The Kier molecular flexibility index (Phi) is 4.35. The molecule has 0 amide bonds. The van der Waals surface area contributed by atoms with E-state index in [1.165, 1.54) is 18.5 Å². The van der Waals surface area contributed by atoms with Gasteiger partial charge in [-0.15, -0.1) is 0 Å². The SMILES string of the molecule is NCC#Cc1cncc(S(=O)(=O)Nc2ccccc2)c1. The molecule has 102 valence electrons. The number of nitrogens with zero attached hydrogens (tertiary/aromatic N) is 1. The summed E-state index contributed by atoms with van der Waals surface area (Å²) in [6.07, 6.45) is 2.77. The van der Waals surface area contributed by atoms with Crippen molar-refractivity contribution in [3.8, 4) is 11.8 Å². The summed E-state index contributed by atoms with van der Waals surface area (Å²) in [7, 11) is -3.67. The highest BCUT2D eigenvalue weighted by molar-refractivity contribution is 7.92. The Morgan fingerprint density at radius 1 is 1.20 bits per heavy atom. The molecule has 1 heterocycles. The summed E-state index contributed by atoms with van der Waals surface area (Å²) in [5.41, 5.74) is 6.28. The fraction of sp³-hybridized carbons (Fsp3) is 0.0714. The van der Waals surface area contributed by atoms with Crippen LogP contribution in [0.4, 0.5) is 5.69 Å². The van der Waals surface area contributed by atoms with Gasteiger partial charge in [0.1, 0.15) is 4.90 Å². The first-order valence-corrected chi connectivity index (χ1v) is 7.32. The second-order valence-corrected chi connectivity index (χ2v) is 5.57. The summed E-state index contributed by atoms with van der Waals surface area (Å²) in [6, 6.07) is 10.1. The van der Waals surface area contributed by atoms with Gasteiger partial charge in [0.15, 0.2) is 0 Å². The average molecular weight is 287 g/mol. The van der Waals surface area contributed by atoms with Gasteiger partial charge in [0.2, 0.25) is 0 Å². The van der Waals surface area contributed by atoms with Crippen LogP contribution in [0, 0.1) is 11.8 Å². The summed E-state index contributed by atoms with van der Waals surface area (Å²) in [5, 5.41) is 0. The van der Waals surface area contributed by atoms with Gasteiger partial charge in [0, 0.05) is 23.6 Å². The van der Waals surface area contributed by atoms with Crippen molar-refractivity contribution in [2.24, 2.45) is 5.73 Å². The van der Waals surface area contributed by atoms with Gasteiger partial charge < -0.3 is 5.73 Å². The molecule has 5 nitrogen and oxygen atoms in total. The monoisotopic (exact) mass is 287 g/mol. The number of benzene rings is 1. The first-order chi connectivity index (χ1) is 9.62. The van der Waals surface area contributed by atoms with Gasteiger partial charge in [-0.1, -0.05) is 30.0 Å². The van der Waals surface area contributed by atoms with Crippen LogP contribution in [0.5, 0.6) is 0 Å². The van der Waals surface area contributed by atoms with Crippen molar-refractivity contribution < 1.29 is 8.42 Å². The molecule has 0 atom stereocenters. The molecule has 3 N–H and O–H groups in total. The van der Waals surface area contributed by atoms with E-state index in [1.807, 2.05) is 6.07 Å². The molecule has 0 bridgehead atoms. The molecule has 20 heavy (non-hydrogen) atoms. The van der Waals surface area contributed by atoms with E-state index in [9.17, 15) is 8.42 Å². The average Bonchev–Trinajstić information content (AvgIpc) is 2.46. The number of hydrogen-bond donors (Lipinski definition) is 2. The lowest BCUT2D eigenvalue weighted by molar-refractivity contribution is 0.601. The van der Waals surface area contributed by atoms with E-state index in [4.69, 9.17) is 5.73 Å². The Hall–Kier alpha value is -2.36. The van der Waals surface area contributed by atoms with Crippen molar-refractivity contribution in [2.45, 2.75) is 4.90 Å². The lowest BCUT2D eigenvalue weighted by Gasteiger charge is -2.07. The number of sulfonamides is 1. The minimum atomic E-state index is -3.67. The normalized spacial score (nSPS) is 10.4. The van der Waals surface area contributed by atoms with E-state index in [0.29, 0.717) is 11.3 Å². The molecule has 1 aromatic carbocycles. The fourth-order valence-corrected chi connectivity index (χ4v) is 2.55. The van der Waals surface area contributed by atoms with Crippen LogP contribution in [-0.4, -0.2) is 19.9 Å². The zero-order valence-corrected chi connectivity index (χ0v) is 11.4. The molecule has 0 saturated carbocycles. The number of pyridine rings is 1. The maximum atomic E-state index is 12.2. The minimum Gasteiger partial charge on any atom is -0.320 e. The van der Waals surface area contributed by atoms with Crippen molar-refractivity contribution in [1.82, 2.24) is 4.98 Å². The maximum absolute atomic E-state index is 12.2. The van der Waals surface area contributed by atoms with Gasteiger partial charge in [-0.2, -0.15) is 0 Å². The molecule has 0 radical (unpaired) electrons. The predicted octanol–water partition coefficient (Wildman–Crippen LogP) is 1.19. The molecule has 0 aliphatic rings. The highest BCUT2D eigenvalue weighted by Crippen LogP contribution is 2.15. The van der Waals surface area contributed by atoms with Crippen LogP contribution in [0.25, 0.3) is 0 Å². The smallest absolute Gasteiger partial charge is 0.263 e. The van der Waals surface area contributed by atoms with Crippen LogP contribution >= 0.6 is 0 Å². The molecule has 0 spiro atoms. The highest BCUT2D eigenvalue weighted by atomic mass is 32.2. The molecule has 0 fully saturated rings. The Morgan fingerprint density at radius 3 is 2.65 bits per heavy atom. The number of nitrogens with one attached hydrogen (secondary N) is 1. The van der Waals surface area contributed by atoms with Gasteiger partial charge in [-0.3, -0.25) is 9.71 Å². The number of aromatic nitrogens is 1. The second-order valence-electron chi connectivity index (χ2n) is 3.89. The summed E-state index contributed by atoms with van der Waals surface area (Å²) in [6.45, 7) is 0.208. The van der Waals surface area contributed by atoms with E-state index in [0.717, 1.165) is 0 Å². The molecule has 2 aromatic rings. The Bertz CT molecular complexity index is 747. The molecular formula is C14H13N3O2S. The molecule has 0 aliphatic heterocycles. The predicted molar refractivity (Wildman–Crippen MR) is 77.4 cm³/mol. The van der Waals surface area contributed by atoms with Gasteiger partial charge in [0.25, 0.3) is 10.0 Å². The van der Waals surface area contributed by atoms with Crippen LogP contribution in [0.15, 0.2) is 53.7 Å². The fourth-order valence-electron chi connectivity index (χ4n) is 1.51. The molecule has 6 heteroatoms. The summed E-state index contributed by atoms with van der Waals surface area (Å²) in [5.74, 6) is 5.41. The molecule has 0 saturated heterocycles. The lowest BCUT2D eigenvalue weighted by Crippen LogP contribution is -2.13. The Morgan fingerprint density at radius 2 is 1.95 bits per heavy atom. The Labute approximate surface area is 117 Å². The number of nitrogens with two attached hydrogens (primary N) is 1. The number of anilines is 1. The number of para-hydroxylation sites is 1. The summed E-state index contributed by atoms with van der Waals surface area (Å²) < 4.78 is 26.9. The quantitative estimate of drug-likeness (QED) is 0.830. The maximum Gasteiger partial charge on any atom is 0.263 e. The number of rotatable bonds is 3. The standard InChI is InChI=1S/C14H13N3O2S/c15-8-4-5-12-9-14(11-16-10-12)20(18,19)17-13-6-2-1-3-7-13/h1-3,6-7,9-11,17H,8,15H2. The van der Waals surface area contributed by atoms with Crippen molar-refractivity contribution in [1.29, 1.82) is 0 Å². The molecular weight excluding hydrogens is 274 g/mol.